The van der Waals surface area contributed by atoms with Crippen LogP contribution in [0.25, 0.3) is 22.2 Å². The van der Waals surface area contributed by atoms with Gasteiger partial charge in [0.25, 0.3) is 0 Å². The van der Waals surface area contributed by atoms with E-state index in [1.54, 1.807) is 24.3 Å². The standard InChI is InChI=1S/C22H18F2N4O2/c23-14-9-16-15(5-6-19(29)27-18-7-8-26-22(18)30)20(28-21(16)17(24)10-14)13-3-1-12(11-25)2-4-13/h1-4,9-10,18,28H,5-8H2,(H,26,30)(H,27,29). The van der Waals surface area contributed by atoms with Crippen molar-refractivity contribution in [2.24, 2.45) is 0 Å². The summed E-state index contributed by atoms with van der Waals surface area (Å²) in [7, 11) is 0. The molecule has 0 aliphatic carbocycles. The van der Waals surface area contributed by atoms with Gasteiger partial charge in [-0.15, -0.1) is 0 Å². The lowest BCUT2D eigenvalue weighted by Gasteiger charge is -2.10. The fraction of sp³-hybridized carbons (Fsp3) is 0.227. The number of hydrogen-bond acceptors (Lipinski definition) is 3. The van der Waals surface area contributed by atoms with E-state index in [1.807, 2.05) is 6.07 Å². The number of hydrogen-bond donors (Lipinski definition) is 3. The van der Waals surface area contributed by atoms with E-state index in [4.69, 9.17) is 5.26 Å². The summed E-state index contributed by atoms with van der Waals surface area (Å²) in [6.45, 7) is 0.521. The van der Waals surface area contributed by atoms with Crippen LogP contribution >= 0.6 is 0 Å². The van der Waals surface area contributed by atoms with Crippen LogP contribution in [0.5, 0.6) is 0 Å². The molecule has 1 aromatic heterocycles. The Labute approximate surface area is 170 Å². The molecule has 1 unspecified atom stereocenters. The first kappa shape index (κ1) is 19.6. The maximum atomic E-state index is 14.3. The molecule has 152 valence electrons. The summed E-state index contributed by atoms with van der Waals surface area (Å²) in [6.07, 6.45) is 0.807. The van der Waals surface area contributed by atoms with Crippen molar-refractivity contribution in [3.63, 3.8) is 0 Å². The van der Waals surface area contributed by atoms with Crippen molar-refractivity contribution >= 4 is 22.7 Å². The number of fused-ring (bicyclic) bond motifs is 1. The minimum atomic E-state index is -0.724. The van der Waals surface area contributed by atoms with E-state index < -0.39 is 17.7 Å². The predicted octanol–water partition coefficient (Wildman–Crippen LogP) is 2.92. The number of rotatable bonds is 5. The van der Waals surface area contributed by atoms with Crippen molar-refractivity contribution in [3.05, 3.63) is 59.2 Å². The lowest BCUT2D eigenvalue weighted by Crippen LogP contribution is -2.40. The van der Waals surface area contributed by atoms with Crippen LogP contribution in [-0.2, 0) is 16.0 Å². The Balaban J connectivity index is 1.66. The van der Waals surface area contributed by atoms with E-state index in [2.05, 4.69) is 15.6 Å². The first-order chi connectivity index (χ1) is 14.5. The van der Waals surface area contributed by atoms with Crippen molar-refractivity contribution in [1.29, 1.82) is 5.26 Å². The van der Waals surface area contributed by atoms with Crippen LogP contribution in [0.2, 0.25) is 0 Å². The summed E-state index contributed by atoms with van der Waals surface area (Å²) < 4.78 is 28.2. The maximum Gasteiger partial charge on any atom is 0.242 e. The Morgan fingerprint density at radius 2 is 2.00 bits per heavy atom. The highest BCUT2D eigenvalue weighted by atomic mass is 19.1. The minimum absolute atomic E-state index is 0.0537. The molecule has 4 rings (SSSR count). The zero-order valence-corrected chi connectivity index (χ0v) is 15.9. The highest BCUT2D eigenvalue weighted by Gasteiger charge is 2.26. The van der Waals surface area contributed by atoms with E-state index in [9.17, 15) is 18.4 Å². The van der Waals surface area contributed by atoms with Crippen molar-refractivity contribution in [2.45, 2.75) is 25.3 Å². The zero-order valence-electron chi connectivity index (χ0n) is 15.9. The Kier molecular flexibility index (Phi) is 5.19. The molecule has 2 heterocycles. The van der Waals surface area contributed by atoms with E-state index >= 15 is 0 Å². The number of H-pyrrole nitrogens is 1. The first-order valence-electron chi connectivity index (χ1n) is 9.53. The molecule has 1 aliphatic heterocycles. The Hall–Kier alpha value is -3.73. The molecule has 3 aromatic rings. The number of aromatic nitrogens is 1. The molecule has 3 N–H and O–H groups in total. The van der Waals surface area contributed by atoms with Gasteiger partial charge < -0.3 is 15.6 Å². The second-order valence-electron chi connectivity index (χ2n) is 7.18. The molecule has 0 spiro atoms. The number of aromatic amines is 1. The number of carbonyl (C=O) groups is 2. The molecule has 1 saturated heterocycles. The van der Waals surface area contributed by atoms with Gasteiger partial charge in [0.05, 0.1) is 17.1 Å². The number of nitrogens with one attached hydrogen (secondary N) is 3. The highest BCUT2D eigenvalue weighted by molar-refractivity contribution is 5.93. The third kappa shape index (κ3) is 3.74. The van der Waals surface area contributed by atoms with E-state index in [-0.39, 0.29) is 30.2 Å². The summed E-state index contributed by atoms with van der Waals surface area (Å²) in [5.74, 6) is -1.95. The number of nitrogens with zero attached hydrogens (tertiary/aromatic N) is 1. The van der Waals surface area contributed by atoms with E-state index in [0.717, 1.165) is 6.07 Å². The number of halogens is 2. The van der Waals surface area contributed by atoms with Crippen LogP contribution in [0.1, 0.15) is 24.0 Å². The number of amides is 2. The molecule has 0 radical (unpaired) electrons. The van der Waals surface area contributed by atoms with Crippen molar-refractivity contribution in [3.8, 4) is 17.3 Å². The summed E-state index contributed by atoms with van der Waals surface area (Å²) in [6, 6.07) is 10.2. The lowest BCUT2D eigenvalue weighted by molar-refractivity contribution is -0.127. The Morgan fingerprint density at radius 3 is 2.67 bits per heavy atom. The largest absolute Gasteiger partial charge is 0.354 e. The molecule has 0 saturated carbocycles. The van der Waals surface area contributed by atoms with Gasteiger partial charge in [0.1, 0.15) is 17.7 Å². The number of carbonyl (C=O) groups excluding carboxylic acids is 2. The average molecular weight is 408 g/mol. The third-order valence-corrected chi connectivity index (χ3v) is 5.22. The fourth-order valence-corrected chi connectivity index (χ4v) is 3.73. The quantitative estimate of drug-likeness (QED) is 0.605. The fourth-order valence-electron chi connectivity index (χ4n) is 3.73. The maximum absolute atomic E-state index is 14.3. The number of nitriles is 1. The molecule has 2 aromatic carbocycles. The SMILES string of the molecule is N#Cc1ccc(-c2[nH]c3c(F)cc(F)cc3c2CCC(=O)NC2CCNC2=O)cc1. The van der Waals surface area contributed by atoms with Gasteiger partial charge in [-0.3, -0.25) is 9.59 Å². The molecule has 6 nitrogen and oxygen atoms in total. The summed E-state index contributed by atoms with van der Waals surface area (Å²) in [5, 5.41) is 14.7. The average Bonchev–Trinajstić information content (AvgIpc) is 3.30. The van der Waals surface area contributed by atoms with Gasteiger partial charge in [-0.1, -0.05) is 12.1 Å². The molecule has 0 bridgehead atoms. The van der Waals surface area contributed by atoms with E-state index in [0.29, 0.717) is 40.7 Å². The van der Waals surface area contributed by atoms with Crippen LogP contribution in [0.3, 0.4) is 0 Å². The van der Waals surface area contributed by atoms with Gasteiger partial charge in [0.15, 0.2) is 0 Å². The molecular formula is C22H18F2N4O2. The molecule has 30 heavy (non-hydrogen) atoms. The number of benzene rings is 2. The zero-order chi connectivity index (χ0) is 21.3. The Bertz CT molecular complexity index is 1180. The van der Waals surface area contributed by atoms with Gasteiger partial charge in [0.2, 0.25) is 11.8 Å². The van der Waals surface area contributed by atoms with Gasteiger partial charge >= 0.3 is 0 Å². The molecule has 1 atom stereocenters. The molecule has 1 aliphatic rings. The van der Waals surface area contributed by atoms with Crippen molar-refractivity contribution in [1.82, 2.24) is 15.6 Å². The monoisotopic (exact) mass is 408 g/mol. The normalized spacial score (nSPS) is 15.8. The molecular weight excluding hydrogens is 390 g/mol. The summed E-state index contributed by atoms with van der Waals surface area (Å²) >= 11 is 0. The van der Waals surface area contributed by atoms with Crippen LogP contribution < -0.4 is 10.6 Å². The van der Waals surface area contributed by atoms with Gasteiger partial charge in [-0.25, -0.2) is 8.78 Å². The first-order valence-corrected chi connectivity index (χ1v) is 9.53. The molecule has 2 amide bonds. The minimum Gasteiger partial charge on any atom is -0.354 e. The predicted molar refractivity (Wildman–Crippen MR) is 106 cm³/mol. The van der Waals surface area contributed by atoms with Crippen LogP contribution in [0.4, 0.5) is 8.78 Å². The van der Waals surface area contributed by atoms with Crippen molar-refractivity contribution in [2.75, 3.05) is 6.54 Å². The van der Waals surface area contributed by atoms with Crippen LogP contribution in [-0.4, -0.2) is 29.4 Å². The summed E-state index contributed by atoms with van der Waals surface area (Å²) in [4.78, 5) is 27.0. The summed E-state index contributed by atoms with van der Waals surface area (Å²) in [5.41, 5.74) is 2.48. The van der Waals surface area contributed by atoms with Crippen LogP contribution in [0, 0.1) is 23.0 Å². The van der Waals surface area contributed by atoms with Gasteiger partial charge in [-0.05, 0) is 42.2 Å². The van der Waals surface area contributed by atoms with E-state index in [1.165, 1.54) is 6.07 Å². The molecule has 1 fully saturated rings. The van der Waals surface area contributed by atoms with Crippen molar-refractivity contribution < 1.29 is 18.4 Å². The highest BCUT2D eigenvalue weighted by Crippen LogP contribution is 2.33. The topological polar surface area (TPSA) is 97.8 Å². The number of aryl methyl sites for hydroxylation is 1. The second kappa shape index (κ2) is 7.95. The molecule has 8 heteroatoms. The second-order valence-corrected chi connectivity index (χ2v) is 7.18. The lowest BCUT2D eigenvalue weighted by atomic mass is 10.00. The third-order valence-electron chi connectivity index (χ3n) is 5.22. The van der Waals surface area contributed by atoms with Crippen LogP contribution in [0.15, 0.2) is 36.4 Å². The van der Waals surface area contributed by atoms with Gasteiger partial charge in [-0.2, -0.15) is 5.26 Å². The van der Waals surface area contributed by atoms with Gasteiger partial charge in [0, 0.05) is 30.1 Å². The smallest absolute Gasteiger partial charge is 0.242 e. The Morgan fingerprint density at radius 1 is 1.23 bits per heavy atom.